The van der Waals surface area contributed by atoms with E-state index in [0.29, 0.717) is 18.3 Å². The molecule has 2 rings (SSSR count). The van der Waals surface area contributed by atoms with Crippen LogP contribution in [0.2, 0.25) is 0 Å². The third-order valence-corrected chi connectivity index (χ3v) is 4.23. The maximum Gasteiger partial charge on any atom is 0.162 e. The smallest absolute Gasteiger partial charge is 0.162 e. The Labute approximate surface area is 126 Å². The molecule has 1 saturated carbocycles. The van der Waals surface area contributed by atoms with E-state index in [1.807, 2.05) is 6.08 Å². The normalized spacial score (nSPS) is 22.6. The average molecular weight is 294 g/mol. The van der Waals surface area contributed by atoms with Crippen molar-refractivity contribution in [2.24, 2.45) is 11.8 Å². The molecular weight excluding hydrogens is 270 g/mol. The van der Waals surface area contributed by atoms with Crippen LogP contribution in [0.1, 0.15) is 45.4 Å². The standard InChI is InChI=1S/C18H24F2O/c1-2-4-14-6-8-15(9-7-14)5-3-12-21-16-10-11-17(19)18(20)13-16/h3,5,10-11,13-15H,2,4,6-9,12H2,1H3/b5-3+. The van der Waals surface area contributed by atoms with Crippen molar-refractivity contribution in [3.63, 3.8) is 0 Å². The zero-order valence-corrected chi connectivity index (χ0v) is 12.7. The number of hydrogen-bond acceptors (Lipinski definition) is 1. The number of halogens is 2. The summed E-state index contributed by atoms with van der Waals surface area (Å²) in [4.78, 5) is 0. The highest BCUT2D eigenvalue weighted by molar-refractivity contribution is 5.23. The summed E-state index contributed by atoms with van der Waals surface area (Å²) in [5.74, 6) is 0.211. The predicted octanol–water partition coefficient (Wildman–Crippen LogP) is 5.51. The number of benzene rings is 1. The molecule has 1 aliphatic carbocycles. The van der Waals surface area contributed by atoms with Gasteiger partial charge in [-0.15, -0.1) is 0 Å². The number of allylic oxidation sites excluding steroid dienone is 1. The molecule has 116 valence electrons. The largest absolute Gasteiger partial charge is 0.489 e. The molecule has 0 amide bonds. The first-order valence-corrected chi connectivity index (χ1v) is 7.93. The monoisotopic (exact) mass is 294 g/mol. The van der Waals surface area contributed by atoms with Crippen molar-refractivity contribution >= 4 is 0 Å². The lowest BCUT2D eigenvalue weighted by Gasteiger charge is -2.26. The maximum atomic E-state index is 13.0. The van der Waals surface area contributed by atoms with E-state index < -0.39 is 11.6 Å². The van der Waals surface area contributed by atoms with Gasteiger partial charge in [0.15, 0.2) is 11.6 Å². The summed E-state index contributed by atoms with van der Waals surface area (Å²) < 4.78 is 31.2. The minimum atomic E-state index is -0.870. The summed E-state index contributed by atoms with van der Waals surface area (Å²) in [5.41, 5.74) is 0. The Morgan fingerprint density at radius 1 is 1.14 bits per heavy atom. The van der Waals surface area contributed by atoms with Crippen LogP contribution in [0.25, 0.3) is 0 Å². The van der Waals surface area contributed by atoms with Crippen molar-refractivity contribution in [1.82, 2.24) is 0 Å². The maximum absolute atomic E-state index is 13.0. The number of ether oxygens (including phenoxy) is 1. The van der Waals surface area contributed by atoms with Gasteiger partial charge in [-0.1, -0.05) is 31.9 Å². The fourth-order valence-electron chi connectivity index (χ4n) is 3.04. The summed E-state index contributed by atoms with van der Waals surface area (Å²) in [6.45, 7) is 2.65. The van der Waals surface area contributed by atoms with Gasteiger partial charge in [-0.2, -0.15) is 0 Å². The van der Waals surface area contributed by atoms with Crippen molar-refractivity contribution in [2.75, 3.05) is 6.61 Å². The highest BCUT2D eigenvalue weighted by Crippen LogP contribution is 2.32. The highest BCUT2D eigenvalue weighted by Gasteiger charge is 2.18. The lowest BCUT2D eigenvalue weighted by Crippen LogP contribution is -2.13. The van der Waals surface area contributed by atoms with Crippen LogP contribution in [0.3, 0.4) is 0 Å². The van der Waals surface area contributed by atoms with Gasteiger partial charge >= 0.3 is 0 Å². The molecule has 0 heterocycles. The van der Waals surface area contributed by atoms with Crippen molar-refractivity contribution < 1.29 is 13.5 Å². The van der Waals surface area contributed by atoms with Crippen LogP contribution >= 0.6 is 0 Å². The van der Waals surface area contributed by atoms with Crippen LogP contribution in [0, 0.1) is 23.5 Å². The molecule has 0 radical (unpaired) electrons. The predicted molar refractivity (Wildman–Crippen MR) is 81.3 cm³/mol. The lowest BCUT2D eigenvalue weighted by molar-refractivity contribution is 0.292. The van der Waals surface area contributed by atoms with Crippen LogP contribution in [0.4, 0.5) is 8.78 Å². The van der Waals surface area contributed by atoms with E-state index in [1.54, 1.807) is 0 Å². The minimum Gasteiger partial charge on any atom is -0.489 e. The zero-order valence-electron chi connectivity index (χ0n) is 12.7. The second-order valence-electron chi connectivity index (χ2n) is 5.88. The van der Waals surface area contributed by atoms with Gasteiger partial charge in [0.25, 0.3) is 0 Å². The number of hydrogen-bond donors (Lipinski definition) is 0. The Kier molecular flexibility index (Phi) is 6.21. The lowest BCUT2D eigenvalue weighted by atomic mass is 9.80. The second kappa shape index (κ2) is 8.16. The molecule has 0 bridgehead atoms. The van der Waals surface area contributed by atoms with Crippen molar-refractivity contribution in [3.05, 3.63) is 42.0 Å². The van der Waals surface area contributed by atoms with Crippen LogP contribution in [0.15, 0.2) is 30.4 Å². The molecule has 0 N–H and O–H groups in total. The molecule has 1 fully saturated rings. The summed E-state index contributed by atoms with van der Waals surface area (Å²) in [5, 5.41) is 0. The van der Waals surface area contributed by atoms with Gasteiger partial charge in [0.2, 0.25) is 0 Å². The Balaban J connectivity index is 1.70. The van der Waals surface area contributed by atoms with Crippen LogP contribution < -0.4 is 4.74 Å². The first-order valence-electron chi connectivity index (χ1n) is 7.93. The van der Waals surface area contributed by atoms with Gasteiger partial charge in [0.05, 0.1) is 0 Å². The van der Waals surface area contributed by atoms with Gasteiger partial charge in [0.1, 0.15) is 12.4 Å². The Bertz CT molecular complexity index is 462. The molecule has 3 heteroatoms. The quantitative estimate of drug-likeness (QED) is 0.629. The molecule has 0 atom stereocenters. The molecule has 0 unspecified atom stereocenters. The first-order chi connectivity index (χ1) is 10.2. The average Bonchev–Trinajstić information content (AvgIpc) is 2.49. The van der Waals surface area contributed by atoms with Crippen molar-refractivity contribution in [1.29, 1.82) is 0 Å². The molecular formula is C18H24F2O. The summed E-state index contributed by atoms with van der Waals surface area (Å²) >= 11 is 0. The fourth-order valence-corrected chi connectivity index (χ4v) is 3.04. The van der Waals surface area contributed by atoms with Crippen LogP contribution in [-0.2, 0) is 0 Å². The SMILES string of the molecule is CCCC1CCC(/C=C/COc2ccc(F)c(F)c2)CC1. The van der Waals surface area contributed by atoms with Gasteiger partial charge in [-0.25, -0.2) is 8.78 Å². The Hall–Kier alpha value is -1.38. The van der Waals surface area contributed by atoms with Crippen LogP contribution in [-0.4, -0.2) is 6.61 Å². The van der Waals surface area contributed by atoms with E-state index in [-0.39, 0.29) is 0 Å². The Morgan fingerprint density at radius 3 is 2.57 bits per heavy atom. The first kappa shape index (κ1) is 16.0. The third-order valence-electron chi connectivity index (χ3n) is 4.23. The van der Waals surface area contributed by atoms with E-state index in [2.05, 4.69) is 13.0 Å². The van der Waals surface area contributed by atoms with Crippen molar-refractivity contribution in [3.8, 4) is 5.75 Å². The molecule has 1 nitrogen and oxygen atoms in total. The van der Waals surface area contributed by atoms with E-state index in [4.69, 9.17) is 4.74 Å². The molecule has 0 aromatic heterocycles. The molecule has 21 heavy (non-hydrogen) atoms. The number of rotatable bonds is 6. The summed E-state index contributed by atoms with van der Waals surface area (Å²) in [7, 11) is 0. The second-order valence-corrected chi connectivity index (χ2v) is 5.88. The summed E-state index contributed by atoms with van der Waals surface area (Å²) in [6.07, 6.45) is 12.0. The third kappa shape index (κ3) is 5.14. The molecule has 1 aliphatic rings. The van der Waals surface area contributed by atoms with Gasteiger partial charge in [-0.05, 0) is 49.7 Å². The van der Waals surface area contributed by atoms with E-state index in [1.165, 1.54) is 44.6 Å². The molecule has 0 saturated heterocycles. The molecule has 1 aromatic carbocycles. The Morgan fingerprint density at radius 2 is 1.90 bits per heavy atom. The van der Waals surface area contributed by atoms with E-state index >= 15 is 0 Å². The fraction of sp³-hybridized carbons (Fsp3) is 0.556. The topological polar surface area (TPSA) is 9.23 Å². The van der Waals surface area contributed by atoms with Gasteiger partial charge in [0, 0.05) is 6.07 Å². The summed E-state index contributed by atoms with van der Waals surface area (Å²) in [6, 6.07) is 3.62. The van der Waals surface area contributed by atoms with Gasteiger partial charge in [-0.3, -0.25) is 0 Å². The highest BCUT2D eigenvalue weighted by atomic mass is 19.2. The van der Waals surface area contributed by atoms with E-state index in [0.717, 1.165) is 18.1 Å². The molecule has 0 spiro atoms. The minimum absolute atomic E-state index is 0.366. The molecule has 1 aromatic rings. The molecule has 0 aliphatic heterocycles. The van der Waals surface area contributed by atoms with Gasteiger partial charge < -0.3 is 4.74 Å². The van der Waals surface area contributed by atoms with Crippen LogP contribution in [0.5, 0.6) is 5.75 Å². The zero-order chi connectivity index (χ0) is 15.1. The van der Waals surface area contributed by atoms with Crippen molar-refractivity contribution in [2.45, 2.75) is 45.4 Å². The van der Waals surface area contributed by atoms with E-state index in [9.17, 15) is 8.78 Å².